The molecule has 0 bridgehead atoms. The number of Topliss-reactive ketones (excluding diaryl/α,β-unsaturated/α-hetero) is 1. The van der Waals surface area contributed by atoms with Crippen LogP contribution in [0.1, 0.15) is 35.2 Å². The van der Waals surface area contributed by atoms with Crippen LogP contribution in [0.5, 0.6) is 5.75 Å². The van der Waals surface area contributed by atoms with Gasteiger partial charge in [-0.05, 0) is 45.9 Å². The van der Waals surface area contributed by atoms with Crippen LogP contribution in [0.15, 0.2) is 57.7 Å². The van der Waals surface area contributed by atoms with Crippen molar-refractivity contribution in [2.24, 2.45) is 0 Å². The summed E-state index contributed by atoms with van der Waals surface area (Å²) in [7, 11) is 0. The summed E-state index contributed by atoms with van der Waals surface area (Å²) < 4.78 is 4.86. The van der Waals surface area contributed by atoms with E-state index in [1.54, 1.807) is 35.6 Å². The third-order valence-corrected chi connectivity index (χ3v) is 6.04. The van der Waals surface area contributed by atoms with Crippen molar-refractivity contribution in [3.05, 3.63) is 63.5 Å². The van der Waals surface area contributed by atoms with Gasteiger partial charge in [-0.1, -0.05) is 18.2 Å². The van der Waals surface area contributed by atoms with Crippen LogP contribution in [0, 0.1) is 0 Å². The molecule has 3 aromatic rings. The Balaban J connectivity index is 1.61. The maximum atomic E-state index is 13.2. The Morgan fingerprint density at radius 3 is 2.70 bits per heavy atom. The summed E-state index contributed by atoms with van der Waals surface area (Å²) in [6.07, 6.45) is 1.18. The van der Waals surface area contributed by atoms with E-state index in [-0.39, 0.29) is 17.5 Å². The minimum absolute atomic E-state index is 0.0924. The second-order valence-corrected chi connectivity index (χ2v) is 7.67. The first-order chi connectivity index (χ1) is 13.2. The lowest BCUT2D eigenvalue weighted by Crippen LogP contribution is -2.26. The zero-order chi connectivity index (χ0) is 18.4. The van der Waals surface area contributed by atoms with Crippen LogP contribution in [0.3, 0.4) is 0 Å². The number of aromatic nitrogens is 2. The molecule has 27 heavy (non-hydrogen) atoms. The topological polar surface area (TPSA) is 100 Å². The van der Waals surface area contributed by atoms with Crippen molar-refractivity contribution >= 4 is 28.8 Å². The summed E-state index contributed by atoms with van der Waals surface area (Å²) in [5, 5.41) is 26.0. The predicted molar refractivity (Wildman–Crippen MR) is 101 cm³/mol. The van der Waals surface area contributed by atoms with Crippen LogP contribution >= 0.6 is 11.3 Å². The average molecular weight is 380 g/mol. The van der Waals surface area contributed by atoms with Crippen molar-refractivity contribution in [3.8, 4) is 5.75 Å². The SMILES string of the molecule is O=C1C[C@@H](c2cccs2)CC2=C1[C@H](c1ccc(O)cc1)Nc1nonc1N2. The largest absolute Gasteiger partial charge is 0.508 e. The molecule has 1 aliphatic carbocycles. The Labute approximate surface area is 158 Å². The Kier molecular flexibility index (Phi) is 3.71. The van der Waals surface area contributed by atoms with Crippen molar-refractivity contribution in [2.75, 3.05) is 10.6 Å². The van der Waals surface area contributed by atoms with Crippen LogP contribution in [0.25, 0.3) is 0 Å². The maximum absolute atomic E-state index is 13.2. The minimum atomic E-state index is -0.391. The van der Waals surface area contributed by atoms with E-state index in [4.69, 9.17) is 4.63 Å². The molecular weight excluding hydrogens is 364 g/mol. The molecule has 7 nitrogen and oxygen atoms in total. The van der Waals surface area contributed by atoms with Crippen LogP contribution < -0.4 is 10.6 Å². The number of hydrogen-bond donors (Lipinski definition) is 3. The highest BCUT2D eigenvalue weighted by Gasteiger charge is 2.37. The molecule has 3 heterocycles. The number of carbonyl (C=O) groups is 1. The number of nitrogens with one attached hydrogen (secondary N) is 2. The minimum Gasteiger partial charge on any atom is -0.508 e. The molecule has 3 N–H and O–H groups in total. The van der Waals surface area contributed by atoms with Crippen molar-refractivity contribution in [1.29, 1.82) is 0 Å². The fourth-order valence-corrected chi connectivity index (χ4v) is 4.57. The lowest BCUT2D eigenvalue weighted by Gasteiger charge is -2.29. The maximum Gasteiger partial charge on any atom is 0.219 e. The van der Waals surface area contributed by atoms with Gasteiger partial charge in [0.05, 0.1) is 6.04 Å². The van der Waals surface area contributed by atoms with E-state index >= 15 is 0 Å². The zero-order valence-corrected chi connectivity index (χ0v) is 15.0. The van der Waals surface area contributed by atoms with Gasteiger partial charge in [-0.25, -0.2) is 4.63 Å². The first-order valence-electron chi connectivity index (χ1n) is 8.63. The number of hydrogen-bond acceptors (Lipinski definition) is 8. The number of carbonyl (C=O) groups excluding carboxylic acids is 1. The molecular formula is C19H16N4O3S. The van der Waals surface area contributed by atoms with Crippen molar-refractivity contribution in [3.63, 3.8) is 0 Å². The number of nitrogens with zero attached hydrogens (tertiary/aromatic N) is 2. The van der Waals surface area contributed by atoms with Crippen molar-refractivity contribution in [2.45, 2.75) is 24.8 Å². The fraction of sp³-hybridized carbons (Fsp3) is 0.211. The Morgan fingerprint density at radius 1 is 1.11 bits per heavy atom. The van der Waals surface area contributed by atoms with Gasteiger partial charge in [0, 0.05) is 28.5 Å². The van der Waals surface area contributed by atoms with Gasteiger partial charge in [-0.3, -0.25) is 4.79 Å². The molecule has 0 saturated heterocycles. The summed E-state index contributed by atoms with van der Waals surface area (Å²) in [6.45, 7) is 0. The Bertz CT molecular complexity index is 1020. The Hall–Kier alpha value is -3.13. The number of phenolic OH excluding ortho intramolecular Hbond substituents is 1. The summed E-state index contributed by atoms with van der Waals surface area (Å²) in [4.78, 5) is 14.4. The number of ketones is 1. The summed E-state index contributed by atoms with van der Waals surface area (Å²) in [5.41, 5.74) is 2.39. The second kappa shape index (κ2) is 6.24. The van der Waals surface area contributed by atoms with Gasteiger partial charge in [-0.2, -0.15) is 0 Å². The molecule has 0 saturated carbocycles. The number of rotatable bonds is 2. The number of phenols is 1. The van der Waals surface area contributed by atoms with Gasteiger partial charge in [0.1, 0.15) is 5.75 Å². The van der Waals surface area contributed by atoms with Gasteiger partial charge in [0.2, 0.25) is 11.6 Å². The second-order valence-electron chi connectivity index (χ2n) is 6.69. The van der Waals surface area contributed by atoms with E-state index in [1.165, 1.54) is 4.88 Å². The van der Waals surface area contributed by atoms with Crippen LogP contribution in [0.2, 0.25) is 0 Å². The third kappa shape index (κ3) is 2.78. The lowest BCUT2D eigenvalue weighted by atomic mass is 9.81. The molecule has 1 aromatic carbocycles. The number of benzene rings is 1. The van der Waals surface area contributed by atoms with E-state index in [0.29, 0.717) is 30.1 Å². The monoisotopic (exact) mass is 380 g/mol. The van der Waals surface area contributed by atoms with Gasteiger partial charge in [-0.15, -0.1) is 11.3 Å². The van der Waals surface area contributed by atoms with Gasteiger partial charge >= 0.3 is 0 Å². The van der Waals surface area contributed by atoms with Crippen LogP contribution in [-0.2, 0) is 4.79 Å². The quantitative estimate of drug-likeness (QED) is 0.621. The predicted octanol–water partition coefficient (Wildman–Crippen LogP) is 3.82. The van der Waals surface area contributed by atoms with Gasteiger partial charge < -0.3 is 15.7 Å². The molecule has 0 fully saturated rings. The molecule has 0 unspecified atom stereocenters. The van der Waals surface area contributed by atoms with Crippen LogP contribution in [-0.4, -0.2) is 21.2 Å². The van der Waals surface area contributed by atoms with Crippen molar-refractivity contribution < 1.29 is 14.5 Å². The van der Waals surface area contributed by atoms with Crippen molar-refractivity contribution in [1.82, 2.24) is 10.3 Å². The number of aromatic hydroxyl groups is 1. The highest BCUT2D eigenvalue weighted by molar-refractivity contribution is 7.10. The standard InChI is InChI=1S/C19H16N4O3S/c24-12-5-3-10(4-6-12)17-16-13(20-18-19(21-17)23-26-22-18)8-11(9-14(16)25)15-2-1-7-27-15/h1-7,11,17,24H,8-9H2,(H,20,22)(H,21,23)/t11-,17-/m0/s1. The molecule has 2 aliphatic rings. The zero-order valence-electron chi connectivity index (χ0n) is 14.2. The van der Waals surface area contributed by atoms with Gasteiger partial charge in [0.15, 0.2) is 5.78 Å². The lowest BCUT2D eigenvalue weighted by molar-refractivity contribution is -0.116. The van der Waals surface area contributed by atoms with E-state index < -0.39 is 6.04 Å². The number of fused-ring (bicyclic) bond motifs is 1. The third-order valence-electron chi connectivity index (χ3n) is 5.01. The van der Waals surface area contributed by atoms with Crippen LogP contribution in [0.4, 0.5) is 11.6 Å². The first-order valence-corrected chi connectivity index (χ1v) is 9.51. The molecule has 0 radical (unpaired) electrons. The number of anilines is 2. The fourth-order valence-electron chi connectivity index (χ4n) is 3.74. The number of allylic oxidation sites excluding steroid dienone is 1. The molecule has 0 amide bonds. The summed E-state index contributed by atoms with van der Waals surface area (Å²) in [6, 6.07) is 10.5. The molecule has 2 aromatic heterocycles. The van der Waals surface area contributed by atoms with E-state index in [1.807, 2.05) is 11.4 Å². The molecule has 8 heteroatoms. The van der Waals surface area contributed by atoms with E-state index in [9.17, 15) is 9.90 Å². The Morgan fingerprint density at radius 2 is 1.93 bits per heavy atom. The highest BCUT2D eigenvalue weighted by atomic mass is 32.1. The smallest absolute Gasteiger partial charge is 0.219 e. The summed E-state index contributed by atoms with van der Waals surface area (Å²) >= 11 is 1.67. The molecule has 1 aliphatic heterocycles. The number of thiophene rings is 1. The molecule has 2 atom stereocenters. The average Bonchev–Trinajstić information content (AvgIpc) is 3.31. The normalized spacial score (nSPS) is 21.7. The molecule has 136 valence electrons. The van der Waals surface area contributed by atoms with E-state index in [2.05, 4.69) is 27.0 Å². The van der Waals surface area contributed by atoms with Gasteiger partial charge in [0.25, 0.3) is 0 Å². The highest BCUT2D eigenvalue weighted by Crippen LogP contribution is 2.44. The first kappa shape index (κ1) is 16.1. The molecule has 0 spiro atoms. The molecule has 5 rings (SSSR count). The summed E-state index contributed by atoms with van der Waals surface area (Å²) in [5.74, 6) is 1.35. The van der Waals surface area contributed by atoms with E-state index in [0.717, 1.165) is 11.3 Å².